The molecule has 3 heterocycles. The third-order valence-corrected chi connectivity index (χ3v) is 4.40. The van der Waals surface area contributed by atoms with Gasteiger partial charge in [0.15, 0.2) is 0 Å². The van der Waals surface area contributed by atoms with E-state index in [0.29, 0.717) is 28.4 Å². The maximum Gasteiger partial charge on any atom is 0.354 e. The van der Waals surface area contributed by atoms with E-state index in [2.05, 4.69) is 10.1 Å². The second kappa shape index (κ2) is 6.81. The van der Waals surface area contributed by atoms with Crippen LogP contribution in [0.2, 0.25) is 5.02 Å². The molecule has 0 spiro atoms. The maximum atomic E-state index is 13.7. The number of carboxylic acids is 1. The molecule has 0 saturated carbocycles. The molecule has 5 nitrogen and oxygen atoms in total. The van der Waals surface area contributed by atoms with Crippen LogP contribution >= 0.6 is 11.6 Å². The van der Waals surface area contributed by atoms with E-state index >= 15 is 0 Å². The van der Waals surface area contributed by atoms with Crippen molar-refractivity contribution in [3.8, 4) is 11.3 Å². The fraction of sp³-hybridized carbons (Fsp3) is 0.0500. The Morgan fingerprint density at radius 3 is 2.74 bits per heavy atom. The third-order valence-electron chi connectivity index (χ3n) is 4.18. The number of rotatable bonds is 4. The summed E-state index contributed by atoms with van der Waals surface area (Å²) in [6.45, 7) is 0. The Morgan fingerprint density at radius 1 is 1.15 bits per heavy atom. The molecule has 0 atom stereocenters. The minimum absolute atomic E-state index is 0.0284. The van der Waals surface area contributed by atoms with Crippen LogP contribution < -0.4 is 0 Å². The van der Waals surface area contributed by atoms with Crippen LogP contribution in [0.1, 0.15) is 21.7 Å². The monoisotopic (exact) mass is 381 g/mol. The zero-order valence-electron chi connectivity index (χ0n) is 13.9. The third kappa shape index (κ3) is 3.39. The molecule has 7 heteroatoms. The largest absolute Gasteiger partial charge is 0.477 e. The molecule has 134 valence electrons. The van der Waals surface area contributed by atoms with Crippen molar-refractivity contribution in [2.24, 2.45) is 0 Å². The molecule has 27 heavy (non-hydrogen) atoms. The van der Waals surface area contributed by atoms with Gasteiger partial charge in [-0.15, -0.1) is 0 Å². The summed E-state index contributed by atoms with van der Waals surface area (Å²) in [4.78, 5) is 15.4. The van der Waals surface area contributed by atoms with Gasteiger partial charge in [0.25, 0.3) is 0 Å². The van der Waals surface area contributed by atoms with Gasteiger partial charge < -0.3 is 5.11 Å². The minimum atomic E-state index is -1.09. The van der Waals surface area contributed by atoms with Gasteiger partial charge in [-0.05, 0) is 36.4 Å². The number of halogens is 2. The highest BCUT2D eigenvalue weighted by molar-refractivity contribution is 6.30. The molecular weight excluding hydrogens is 369 g/mol. The fourth-order valence-electron chi connectivity index (χ4n) is 3.00. The number of pyridine rings is 2. The summed E-state index contributed by atoms with van der Waals surface area (Å²) in [6.07, 6.45) is 2.02. The highest BCUT2D eigenvalue weighted by atomic mass is 35.5. The first-order valence-corrected chi connectivity index (χ1v) is 8.51. The average molecular weight is 382 g/mol. The Balaban J connectivity index is 1.89. The van der Waals surface area contributed by atoms with Crippen LogP contribution in [0.4, 0.5) is 4.39 Å². The quantitative estimate of drug-likeness (QED) is 0.566. The molecule has 4 rings (SSSR count). The molecule has 0 saturated heterocycles. The number of hydrogen-bond donors (Lipinski definition) is 1. The van der Waals surface area contributed by atoms with Crippen molar-refractivity contribution in [3.05, 3.63) is 88.6 Å². The van der Waals surface area contributed by atoms with E-state index in [9.17, 15) is 9.18 Å². The summed E-state index contributed by atoms with van der Waals surface area (Å²) in [5, 5.41) is 14.2. The van der Waals surface area contributed by atoms with Gasteiger partial charge in [0.2, 0.25) is 0 Å². The summed E-state index contributed by atoms with van der Waals surface area (Å²) in [6, 6.07) is 14.6. The molecule has 0 bridgehead atoms. The van der Waals surface area contributed by atoms with Crippen molar-refractivity contribution in [2.45, 2.75) is 6.42 Å². The van der Waals surface area contributed by atoms with Crippen molar-refractivity contribution >= 4 is 23.1 Å². The summed E-state index contributed by atoms with van der Waals surface area (Å²) in [5.74, 6) is -1.45. The van der Waals surface area contributed by atoms with Crippen molar-refractivity contribution in [2.75, 3.05) is 0 Å². The Labute approximate surface area is 158 Å². The van der Waals surface area contributed by atoms with E-state index in [1.54, 1.807) is 41.0 Å². The number of aromatic carboxylic acids is 1. The highest BCUT2D eigenvalue weighted by Gasteiger charge is 2.17. The number of fused-ring (bicyclic) bond motifs is 1. The lowest BCUT2D eigenvalue weighted by molar-refractivity contribution is 0.0690. The van der Waals surface area contributed by atoms with Crippen molar-refractivity contribution in [3.63, 3.8) is 0 Å². The summed E-state index contributed by atoms with van der Waals surface area (Å²) >= 11 is 6.07. The lowest BCUT2D eigenvalue weighted by Crippen LogP contribution is -2.03. The van der Waals surface area contributed by atoms with Crippen LogP contribution in [-0.2, 0) is 6.42 Å². The Bertz CT molecular complexity index is 1170. The van der Waals surface area contributed by atoms with E-state index in [-0.39, 0.29) is 11.5 Å². The van der Waals surface area contributed by atoms with Crippen LogP contribution in [0.25, 0.3) is 16.8 Å². The van der Waals surface area contributed by atoms with Gasteiger partial charge in [-0.2, -0.15) is 5.10 Å². The van der Waals surface area contributed by atoms with Crippen molar-refractivity contribution < 1.29 is 14.3 Å². The zero-order chi connectivity index (χ0) is 19.0. The molecule has 3 aromatic heterocycles. The van der Waals surface area contributed by atoms with Gasteiger partial charge in [-0.25, -0.2) is 18.7 Å². The SMILES string of the molecule is O=C(O)c1cccc(Cc2c(-c3cccc(F)c3)nn3cc(Cl)ccc23)n1. The second-order valence-corrected chi connectivity index (χ2v) is 6.45. The van der Waals surface area contributed by atoms with Crippen molar-refractivity contribution in [1.29, 1.82) is 0 Å². The van der Waals surface area contributed by atoms with E-state index in [4.69, 9.17) is 16.7 Å². The first kappa shape index (κ1) is 17.2. The molecule has 1 aromatic carbocycles. The standard InChI is InChI=1S/C20H13ClFN3O2/c21-13-7-8-18-16(10-15-5-2-6-17(23-15)20(26)27)19(24-25(18)11-13)12-3-1-4-14(22)9-12/h1-9,11H,10H2,(H,26,27). The zero-order valence-corrected chi connectivity index (χ0v) is 14.7. The first-order chi connectivity index (χ1) is 13.0. The summed E-state index contributed by atoms with van der Waals surface area (Å²) in [7, 11) is 0. The van der Waals surface area contributed by atoms with Crippen LogP contribution in [-0.4, -0.2) is 25.7 Å². The number of carboxylic acid groups (broad SMARTS) is 1. The number of benzene rings is 1. The molecular formula is C20H13ClFN3O2. The average Bonchev–Trinajstić information content (AvgIpc) is 2.99. The normalized spacial score (nSPS) is 11.0. The van der Waals surface area contributed by atoms with Crippen molar-refractivity contribution in [1.82, 2.24) is 14.6 Å². The van der Waals surface area contributed by atoms with Gasteiger partial charge in [-0.1, -0.05) is 29.8 Å². The highest BCUT2D eigenvalue weighted by Crippen LogP contribution is 2.29. The topological polar surface area (TPSA) is 67.5 Å². The minimum Gasteiger partial charge on any atom is -0.477 e. The van der Waals surface area contributed by atoms with E-state index in [1.165, 1.54) is 18.2 Å². The van der Waals surface area contributed by atoms with E-state index in [0.717, 1.165) is 11.1 Å². The van der Waals surface area contributed by atoms with E-state index < -0.39 is 5.97 Å². The summed E-state index contributed by atoms with van der Waals surface area (Å²) in [5.41, 5.74) is 3.38. The number of carbonyl (C=O) groups is 1. The Hall–Kier alpha value is -3.25. The maximum absolute atomic E-state index is 13.7. The van der Waals surface area contributed by atoms with Crippen LogP contribution in [0.15, 0.2) is 60.8 Å². The first-order valence-electron chi connectivity index (χ1n) is 8.13. The van der Waals surface area contributed by atoms with Crippen LogP contribution in [0.3, 0.4) is 0 Å². The molecule has 4 aromatic rings. The molecule has 0 aliphatic heterocycles. The van der Waals surface area contributed by atoms with Gasteiger partial charge >= 0.3 is 5.97 Å². The molecule has 1 N–H and O–H groups in total. The predicted octanol–water partition coefficient (Wildman–Crippen LogP) is 4.48. The number of hydrogen-bond acceptors (Lipinski definition) is 3. The number of aromatic nitrogens is 3. The Kier molecular flexibility index (Phi) is 4.33. The van der Waals surface area contributed by atoms with Gasteiger partial charge in [0, 0.05) is 29.4 Å². The lowest BCUT2D eigenvalue weighted by Gasteiger charge is -2.05. The van der Waals surface area contributed by atoms with Gasteiger partial charge in [-0.3, -0.25) is 0 Å². The molecule has 0 aliphatic carbocycles. The smallest absolute Gasteiger partial charge is 0.354 e. The van der Waals surface area contributed by atoms with E-state index in [1.807, 2.05) is 6.07 Å². The van der Waals surface area contributed by atoms with Crippen LogP contribution in [0, 0.1) is 5.82 Å². The molecule has 0 unspecified atom stereocenters. The molecule has 0 aliphatic rings. The number of nitrogens with zero attached hydrogens (tertiary/aromatic N) is 3. The Morgan fingerprint density at radius 2 is 1.96 bits per heavy atom. The van der Waals surface area contributed by atoms with Gasteiger partial charge in [0.1, 0.15) is 11.5 Å². The second-order valence-electron chi connectivity index (χ2n) is 6.01. The fourth-order valence-corrected chi connectivity index (χ4v) is 3.15. The summed E-state index contributed by atoms with van der Waals surface area (Å²) < 4.78 is 15.4. The lowest BCUT2D eigenvalue weighted by atomic mass is 10.0. The molecule has 0 fully saturated rings. The van der Waals surface area contributed by atoms with Gasteiger partial charge in [0.05, 0.1) is 16.2 Å². The molecule has 0 amide bonds. The predicted molar refractivity (Wildman–Crippen MR) is 99.6 cm³/mol. The molecule has 0 radical (unpaired) electrons. The van der Waals surface area contributed by atoms with Crippen LogP contribution in [0.5, 0.6) is 0 Å².